The minimum atomic E-state index is -3.60. The van der Waals surface area contributed by atoms with Crippen molar-refractivity contribution in [3.05, 3.63) is 54.1 Å². The molecule has 1 heterocycles. The number of sulfonamides is 1. The van der Waals surface area contributed by atoms with Crippen LogP contribution in [0.3, 0.4) is 0 Å². The lowest BCUT2D eigenvalue weighted by molar-refractivity contribution is -0.122. The molecule has 2 aromatic rings. The molecule has 186 valence electrons. The van der Waals surface area contributed by atoms with Gasteiger partial charge in [-0.05, 0) is 49.2 Å². The van der Waals surface area contributed by atoms with Crippen LogP contribution in [0.1, 0.15) is 43.5 Å². The Labute approximate surface area is 205 Å². The summed E-state index contributed by atoms with van der Waals surface area (Å²) in [7, 11) is -3.60. The van der Waals surface area contributed by atoms with Crippen molar-refractivity contribution in [2.24, 2.45) is 5.92 Å². The molecule has 2 aliphatic rings. The van der Waals surface area contributed by atoms with Gasteiger partial charge in [0.05, 0.1) is 22.1 Å². The van der Waals surface area contributed by atoms with Gasteiger partial charge in [-0.2, -0.15) is 4.31 Å². The Bertz CT molecular complexity index is 1220. The molecule has 10 heteroatoms. The predicted molar refractivity (Wildman–Crippen MR) is 133 cm³/mol. The monoisotopic (exact) mass is 498 g/mol. The van der Waals surface area contributed by atoms with Crippen LogP contribution in [0, 0.1) is 5.92 Å². The van der Waals surface area contributed by atoms with Gasteiger partial charge in [0.1, 0.15) is 0 Å². The second kappa shape index (κ2) is 10.2. The number of hydrogen-bond donors (Lipinski definition) is 2. The van der Waals surface area contributed by atoms with Crippen LogP contribution < -0.4 is 15.5 Å². The summed E-state index contributed by atoms with van der Waals surface area (Å²) in [5.41, 5.74) is 1.33. The molecular weight excluding hydrogens is 468 g/mol. The number of hydrogen-bond acceptors (Lipinski definition) is 5. The fourth-order valence-electron chi connectivity index (χ4n) is 4.16. The van der Waals surface area contributed by atoms with Crippen molar-refractivity contribution in [2.75, 3.05) is 29.9 Å². The largest absolute Gasteiger partial charge is 0.349 e. The van der Waals surface area contributed by atoms with E-state index >= 15 is 0 Å². The first-order chi connectivity index (χ1) is 16.7. The van der Waals surface area contributed by atoms with Crippen LogP contribution >= 0.6 is 0 Å². The van der Waals surface area contributed by atoms with Crippen molar-refractivity contribution >= 4 is 39.1 Å². The van der Waals surface area contributed by atoms with E-state index in [4.69, 9.17) is 0 Å². The van der Waals surface area contributed by atoms with E-state index in [0.717, 1.165) is 12.8 Å². The summed E-state index contributed by atoms with van der Waals surface area (Å²) in [6.07, 6.45) is 1.95. The number of rotatable bonds is 9. The maximum Gasteiger partial charge on any atom is 0.253 e. The van der Waals surface area contributed by atoms with Crippen LogP contribution in [0.2, 0.25) is 0 Å². The van der Waals surface area contributed by atoms with Gasteiger partial charge in [-0.25, -0.2) is 8.42 Å². The second-order valence-electron chi connectivity index (χ2n) is 8.77. The Morgan fingerprint density at radius 1 is 1.03 bits per heavy atom. The smallest absolute Gasteiger partial charge is 0.253 e. The number of benzene rings is 2. The molecule has 2 aromatic carbocycles. The van der Waals surface area contributed by atoms with Gasteiger partial charge >= 0.3 is 0 Å². The molecule has 1 saturated heterocycles. The highest BCUT2D eigenvalue weighted by atomic mass is 32.2. The lowest BCUT2D eigenvalue weighted by Crippen LogP contribution is -2.31. The average Bonchev–Trinajstić information content (AvgIpc) is 3.57. The van der Waals surface area contributed by atoms with Crippen molar-refractivity contribution < 1.29 is 22.8 Å². The molecule has 1 saturated carbocycles. The van der Waals surface area contributed by atoms with E-state index in [0.29, 0.717) is 30.0 Å². The molecule has 1 atom stereocenters. The highest BCUT2D eigenvalue weighted by Crippen LogP contribution is 2.28. The molecule has 0 radical (unpaired) electrons. The molecule has 35 heavy (non-hydrogen) atoms. The van der Waals surface area contributed by atoms with Gasteiger partial charge in [0.25, 0.3) is 5.91 Å². The van der Waals surface area contributed by atoms with Gasteiger partial charge in [-0.15, -0.1) is 0 Å². The minimum absolute atomic E-state index is 0.0295. The summed E-state index contributed by atoms with van der Waals surface area (Å²) in [4.78, 5) is 39.8. The van der Waals surface area contributed by atoms with Crippen molar-refractivity contribution in [3.8, 4) is 0 Å². The number of carbonyl (C=O) groups excluding carboxylic acids is 3. The van der Waals surface area contributed by atoms with Crippen LogP contribution in [-0.4, -0.2) is 56.1 Å². The number of amides is 3. The second-order valence-corrected chi connectivity index (χ2v) is 10.7. The molecule has 2 fully saturated rings. The molecule has 2 N–H and O–H groups in total. The zero-order valence-electron chi connectivity index (χ0n) is 19.9. The summed E-state index contributed by atoms with van der Waals surface area (Å²) >= 11 is 0. The highest BCUT2D eigenvalue weighted by Gasteiger charge is 2.36. The number of anilines is 2. The Hall–Kier alpha value is -3.24. The third-order valence-electron chi connectivity index (χ3n) is 6.33. The molecular formula is C25H30N4O5S. The molecule has 0 bridgehead atoms. The lowest BCUT2D eigenvalue weighted by atomic mass is 10.1. The number of nitrogens with zero attached hydrogens (tertiary/aromatic N) is 2. The first-order valence-electron chi connectivity index (χ1n) is 11.9. The molecule has 1 aliphatic heterocycles. The van der Waals surface area contributed by atoms with Gasteiger partial charge in [-0.1, -0.05) is 26.0 Å². The quantitative estimate of drug-likeness (QED) is 0.551. The topological polar surface area (TPSA) is 116 Å². The molecule has 3 amide bonds. The molecule has 0 aromatic heterocycles. The molecule has 4 rings (SSSR count). The normalized spacial score (nSPS) is 18.1. The first-order valence-corrected chi connectivity index (χ1v) is 13.3. The van der Waals surface area contributed by atoms with E-state index in [-0.39, 0.29) is 41.6 Å². The number of para-hydroxylation sites is 1. The number of carbonyl (C=O) groups is 3. The van der Waals surface area contributed by atoms with Crippen LogP contribution in [0.4, 0.5) is 11.4 Å². The third kappa shape index (κ3) is 5.38. The molecule has 0 spiro atoms. The third-order valence-corrected chi connectivity index (χ3v) is 8.39. The maximum atomic E-state index is 13.0. The average molecular weight is 499 g/mol. The summed E-state index contributed by atoms with van der Waals surface area (Å²) in [6, 6.07) is 13.2. The van der Waals surface area contributed by atoms with Crippen molar-refractivity contribution in [2.45, 2.75) is 44.0 Å². The van der Waals surface area contributed by atoms with E-state index in [1.54, 1.807) is 50.2 Å². The first kappa shape index (κ1) is 24.9. The van der Waals surface area contributed by atoms with E-state index < -0.39 is 15.9 Å². The van der Waals surface area contributed by atoms with E-state index in [1.165, 1.54) is 21.3 Å². The maximum absolute atomic E-state index is 13.0. The summed E-state index contributed by atoms with van der Waals surface area (Å²) in [5, 5.41) is 5.73. The lowest BCUT2D eigenvalue weighted by Gasteiger charge is -2.20. The van der Waals surface area contributed by atoms with E-state index in [9.17, 15) is 22.8 Å². The Balaban J connectivity index is 1.44. The zero-order chi connectivity index (χ0) is 25.2. The predicted octanol–water partition coefficient (Wildman–Crippen LogP) is 2.60. The number of nitrogens with one attached hydrogen (secondary N) is 2. The van der Waals surface area contributed by atoms with Gasteiger partial charge in [0.2, 0.25) is 21.8 Å². The summed E-state index contributed by atoms with van der Waals surface area (Å²) in [6.45, 7) is 4.47. The van der Waals surface area contributed by atoms with E-state index in [2.05, 4.69) is 10.6 Å². The minimum Gasteiger partial charge on any atom is -0.349 e. The summed E-state index contributed by atoms with van der Waals surface area (Å²) in [5.74, 6) is -1.38. The highest BCUT2D eigenvalue weighted by molar-refractivity contribution is 7.89. The van der Waals surface area contributed by atoms with Crippen molar-refractivity contribution in [3.63, 3.8) is 0 Å². The van der Waals surface area contributed by atoms with Crippen LogP contribution in [0.25, 0.3) is 0 Å². The zero-order valence-corrected chi connectivity index (χ0v) is 20.7. The molecule has 1 aliphatic carbocycles. The van der Waals surface area contributed by atoms with Crippen LogP contribution in [0.15, 0.2) is 53.4 Å². The van der Waals surface area contributed by atoms with Crippen LogP contribution in [0.5, 0.6) is 0 Å². The Morgan fingerprint density at radius 2 is 1.69 bits per heavy atom. The standard InChI is InChI=1S/C25H30N4O5S/c1-3-28(4-2)35(33,34)20-13-11-19(12-14-20)29-16-17(15-23(29)30)24(31)27-22-8-6-5-7-21(22)25(32)26-18-9-10-18/h5-8,11-14,17-18H,3-4,9-10,15-16H2,1-2H3,(H,26,32)(H,27,31)/t17-/m0/s1. The summed E-state index contributed by atoms with van der Waals surface area (Å²) < 4.78 is 26.8. The Kier molecular flexibility index (Phi) is 7.23. The molecule has 9 nitrogen and oxygen atoms in total. The fourth-order valence-corrected chi connectivity index (χ4v) is 5.62. The van der Waals surface area contributed by atoms with E-state index in [1.807, 2.05) is 0 Å². The van der Waals surface area contributed by atoms with Gasteiger partial charge in [0.15, 0.2) is 0 Å². The SMILES string of the molecule is CCN(CC)S(=O)(=O)c1ccc(N2C[C@@H](C(=O)Nc3ccccc3C(=O)NC3CC3)CC2=O)cc1. The van der Waals surface area contributed by atoms with Crippen molar-refractivity contribution in [1.29, 1.82) is 0 Å². The van der Waals surface area contributed by atoms with Gasteiger partial charge in [-0.3, -0.25) is 14.4 Å². The van der Waals surface area contributed by atoms with Gasteiger partial charge < -0.3 is 15.5 Å². The molecule has 0 unspecified atom stereocenters. The Morgan fingerprint density at radius 3 is 2.31 bits per heavy atom. The fraction of sp³-hybridized carbons (Fsp3) is 0.400. The van der Waals surface area contributed by atoms with Crippen LogP contribution in [-0.2, 0) is 19.6 Å². The van der Waals surface area contributed by atoms with Crippen molar-refractivity contribution in [1.82, 2.24) is 9.62 Å². The van der Waals surface area contributed by atoms with Gasteiger partial charge in [0, 0.05) is 37.8 Å².